The van der Waals surface area contributed by atoms with E-state index in [1.54, 1.807) is 6.08 Å². The van der Waals surface area contributed by atoms with Gasteiger partial charge in [0.2, 0.25) is 11.8 Å². The van der Waals surface area contributed by atoms with Crippen LogP contribution in [0.4, 0.5) is 0 Å². The molecule has 3 aromatic heterocycles. The molecule has 132 valence electrons. The van der Waals surface area contributed by atoms with Crippen LogP contribution in [0.2, 0.25) is 0 Å². The van der Waals surface area contributed by atoms with Crippen LogP contribution in [0.25, 0.3) is 11.8 Å². The average molecular weight is 368 g/mol. The Bertz CT molecular complexity index is 971. The fraction of sp³-hybridized carbons (Fsp3) is 0.111. The van der Waals surface area contributed by atoms with Gasteiger partial charge in [0.05, 0.1) is 7.11 Å². The van der Waals surface area contributed by atoms with Gasteiger partial charge in [-0.25, -0.2) is 9.97 Å². The maximum atomic E-state index is 11.5. The van der Waals surface area contributed by atoms with Crippen molar-refractivity contribution >= 4 is 23.6 Å². The number of ketones is 1. The van der Waals surface area contributed by atoms with Crippen LogP contribution in [-0.2, 0) is 0 Å². The second-order valence-electron chi connectivity index (χ2n) is 5.25. The minimum absolute atomic E-state index is 0.139. The van der Waals surface area contributed by atoms with Gasteiger partial charge in [-0.2, -0.15) is 4.98 Å². The van der Waals surface area contributed by atoms with Crippen LogP contribution in [0.1, 0.15) is 23.0 Å². The molecule has 0 aliphatic heterocycles. The number of nitrogens with zero attached hydrogens (tertiary/aromatic N) is 4. The van der Waals surface area contributed by atoms with Gasteiger partial charge in [0.1, 0.15) is 16.4 Å². The lowest BCUT2D eigenvalue weighted by molar-refractivity contribution is 0.101. The number of carbonyl (C=O) groups is 1. The monoisotopic (exact) mass is 368 g/mol. The van der Waals surface area contributed by atoms with Crippen molar-refractivity contribution in [2.45, 2.75) is 17.1 Å². The molecule has 0 fully saturated rings. The summed E-state index contributed by atoms with van der Waals surface area (Å²) in [5, 5.41) is 10.5. The summed E-state index contributed by atoms with van der Waals surface area (Å²) in [4.78, 5) is 24.1. The number of hydrogen-bond donors (Lipinski definition) is 1. The molecule has 8 heteroatoms. The number of carbonyl (C=O) groups excluding carboxylic acids is 1. The predicted octanol–water partition coefficient (Wildman–Crippen LogP) is 3.37. The van der Waals surface area contributed by atoms with Crippen LogP contribution in [0, 0.1) is 0 Å². The van der Waals surface area contributed by atoms with Gasteiger partial charge in [-0.15, -0.1) is 0 Å². The van der Waals surface area contributed by atoms with Gasteiger partial charge in [-0.3, -0.25) is 4.79 Å². The van der Waals surface area contributed by atoms with Gasteiger partial charge in [0, 0.05) is 30.9 Å². The Hall–Kier alpha value is -3.13. The first-order valence-electron chi connectivity index (χ1n) is 7.63. The third-order valence-electron chi connectivity index (χ3n) is 3.49. The van der Waals surface area contributed by atoms with Crippen LogP contribution in [-0.4, -0.2) is 37.5 Å². The smallest absolute Gasteiger partial charge is 0.239 e. The molecule has 0 spiro atoms. The molecule has 0 saturated heterocycles. The number of aromatic hydroxyl groups is 1. The largest absolute Gasteiger partial charge is 0.493 e. The van der Waals surface area contributed by atoms with Gasteiger partial charge >= 0.3 is 0 Å². The summed E-state index contributed by atoms with van der Waals surface area (Å²) in [6.07, 6.45) is 5.47. The zero-order chi connectivity index (χ0) is 18.7. The Morgan fingerprint density at radius 3 is 2.62 bits per heavy atom. The van der Waals surface area contributed by atoms with Gasteiger partial charge in [0.25, 0.3) is 0 Å². The minimum atomic E-state index is -0.271. The van der Waals surface area contributed by atoms with Gasteiger partial charge in [-0.05, 0) is 30.0 Å². The molecule has 0 aliphatic carbocycles. The quantitative estimate of drug-likeness (QED) is 0.527. The Morgan fingerprint density at radius 1 is 1.27 bits per heavy atom. The number of ether oxygens (including phenoxy) is 1. The van der Waals surface area contributed by atoms with Crippen molar-refractivity contribution in [2.75, 3.05) is 7.11 Å². The molecule has 1 N–H and O–H groups in total. The molecule has 0 aromatic carbocycles. The summed E-state index contributed by atoms with van der Waals surface area (Å²) in [6, 6.07) is 6.85. The molecule has 7 nitrogen and oxygen atoms in total. The molecule has 26 heavy (non-hydrogen) atoms. The zero-order valence-corrected chi connectivity index (χ0v) is 15.0. The van der Waals surface area contributed by atoms with Crippen molar-refractivity contribution in [1.29, 1.82) is 0 Å². The van der Waals surface area contributed by atoms with E-state index in [1.807, 2.05) is 35.2 Å². The normalized spacial score (nSPS) is 10.5. The number of aromatic nitrogens is 4. The number of rotatable bonds is 6. The van der Waals surface area contributed by atoms with E-state index in [0.29, 0.717) is 10.9 Å². The van der Waals surface area contributed by atoms with Crippen LogP contribution in [0.3, 0.4) is 0 Å². The third kappa shape index (κ3) is 3.60. The molecular formula is C18H16N4O3S. The highest BCUT2D eigenvalue weighted by atomic mass is 32.2. The maximum Gasteiger partial charge on any atom is 0.239 e. The summed E-state index contributed by atoms with van der Waals surface area (Å²) >= 11 is 1.12. The van der Waals surface area contributed by atoms with E-state index in [0.717, 1.165) is 23.0 Å². The SMILES string of the molecule is C=Cc1cc(Sc2nc(O)cc(C(C)=O)n2)nc(OC)c1-n1cccc1. The highest BCUT2D eigenvalue weighted by molar-refractivity contribution is 7.99. The summed E-state index contributed by atoms with van der Waals surface area (Å²) < 4.78 is 7.32. The molecule has 0 amide bonds. The molecule has 3 heterocycles. The molecule has 0 bridgehead atoms. The lowest BCUT2D eigenvalue weighted by Crippen LogP contribution is -2.03. The number of pyridine rings is 1. The number of Topliss-reactive ketones (excluding diaryl/α,β-unsaturated/α-hetero) is 1. The van der Waals surface area contributed by atoms with E-state index < -0.39 is 0 Å². The standard InChI is InChI=1S/C18H16N4O3S/c1-4-12-9-15(21-17(25-3)16(12)22-7-5-6-8-22)26-18-19-13(11(2)23)10-14(24)20-18/h4-10H,1H2,2-3H3,(H,19,20,24). The Labute approximate surface area is 154 Å². The fourth-order valence-corrected chi connectivity index (χ4v) is 3.12. The number of methoxy groups -OCH3 is 1. The van der Waals surface area contributed by atoms with Crippen molar-refractivity contribution in [1.82, 2.24) is 19.5 Å². The van der Waals surface area contributed by atoms with E-state index in [-0.39, 0.29) is 22.5 Å². The zero-order valence-electron chi connectivity index (χ0n) is 14.2. The lowest BCUT2D eigenvalue weighted by Gasteiger charge is -2.13. The fourth-order valence-electron chi connectivity index (χ4n) is 2.34. The molecule has 3 aromatic rings. The predicted molar refractivity (Wildman–Crippen MR) is 98.0 cm³/mol. The second kappa shape index (κ2) is 7.40. The summed E-state index contributed by atoms with van der Waals surface area (Å²) in [5.74, 6) is -0.120. The first-order chi connectivity index (χ1) is 12.5. The molecule has 0 saturated carbocycles. The van der Waals surface area contributed by atoms with Crippen molar-refractivity contribution in [3.8, 4) is 17.4 Å². The first-order valence-corrected chi connectivity index (χ1v) is 8.45. The van der Waals surface area contributed by atoms with Gasteiger partial charge in [0.15, 0.2) is 10.9 Å². The lowest BCUT2D eigenvalue weighted by atomic mass is 10.2. The van der Waals surface area contributed by atoms with Crippen LogP contribution >= 0.6 is 11.8 Å². The van der Waals surface area contributed by atoms with Crippen LogP contribution < -0.4 is 4.74 Å². The molecule has 3 rings (SSSR count). The van der Waals surface area contributed by atoms with Crippen molar-refractivity contribution < 1.29 is 14.6 Å². The van der Waals surface area contributed by atoms with Gasteiger partial charge < -0.3 is 14.4 Å². The number of hydrogen-bond acceptors (Lipinski definition) is 7. The van der Waals surface area contributed by atoms with E-state index in [4.69, 9.17) is 4.74 Å². The maximum absolute atomic E-state index is 11.5. The molecule has 0 unspecified atom stereocenters. The Morgan fingerprint density at radius 2 is 2.00 bits per heavy atom. The summed E-state index contributed by atoms with van der Waals surface area (Å²) in [7, 11) is 1.54. The summed E-state index contributed by atoms with van der Waals surface area (Å²) in [5.41, 5.74) is 1.71. The van der Waals surface area contributed by atoms with Crippen molar-refractivity contribution in [2.24, 2.45) is 0 Å². The average Bonchev–Trinajstić information content (AvgIpc) is 3.14. The molecule has 0 atom stereocenters. The molecule has 0 radical (unpaired) electrons. The van der Waals surface area contributed by atoms with Crippen LogP contribution in [0.5, 0.6) is 11.8 Å². The molecule has 0 aliphatic rings. The highest BCUT2D eigenvalue weighted by Crippen LogP contribution is 2.33. The van der Waals surface area contributed by atoms with E-state index in [2.05, 4.69) is 21.5 Å². The van der Waals surface area contributed by atoms with Crippen LogP contribution in [0.15, 0.2) is 53.4 Å². The van der Waals surface area contributed by atoms with E-state index in [9.17, 15) is 9.90 Å². The minimum Gasteiger partial charge on any atom is -0.493 e. The highest BCUT2D eigenvalue weighted by Gasteiger charge is 2.16. The van der Waals surface area contributed by atoms with Crippen molar-refractivity contribution in [3.63, 3.8) is 0 Å². The first kappa shape index (κ1) is 17.7. The van der Waals surface area contributed by atoms with E-state index >= 15 is 0 Å². The summed E-state index contributed by atoms with van der Waals surface area (Å²) in [6.45, 7) is 5.23. The molecular weight excluding hydrogens is 352 g/mol. The van der Waals surface area contributed by atoms with Gasteiger partial charge in [-0.1, -0.05) is 12.7 Å². The second-order valence-corrected chi connectivity index (χ2v) is 6.24. The Kier molecular flexibility index (Phi) is 5.04. The Balaban J connectivity index is 2.04. The topological polar surface area (TPSA) is 90.1 Å². The third-order valence-corrected chi connectivity index (χ3v) is 4.27. The van der Waals surface area contributed by atoms with Crippen molar-refractivity contribution in [3.05, 3.63) is 54.5 Å². The van der Waals surface area contributed by atoms with E-state index in [1.165, 1.54) is 20.1 Å².